The van der Waals surface area contributed by atoms with Crippen molar-refractivity contribution >= 4 is 22.8 Å². The van der Waals surface area contributed by atoms with E-state index >= 15 is 0 Å². The van der Waals surface area contributed by atoms with Crippen LogP contribution in [0.4, 0.5) is 0 Å². The van der Waals surface area contributed by atoms with E-state index in [9.17, 15) is 9.59 Å². The molecule has 3 aromatic rings. The summed E-state index contributed by atoms with van der Waals surface area (Å²) in [6.07, 6.45) is 3.91. The van der Waals surface area contributed by atoms with Crippen molar-refractivity contribution < 1.29 is 9.59 Å². The molecule has 1 atom stereocenters. The number of pyridine rings is 1. The van der Waals surface area contributed by atoms with Crippen molar-refractivity contribution in [3.05, 3.63) is 54.4 Å². The van der Waals surface area contributed by atoms with Gasteiger partial charge in [0.05, 0.1) is 0 Å². The lowest BCUT2D eigenvalue weighted by atomic mass is 10.0. The van der Waals surface area contributed by atoms with Crippen molar-refractivity contribution in [2.75, 3.05) is 14.1 Å². The molecular formula is C20H22N4O2. The molecule has 0 spiro atoms. The zero-order chi connectivity index (χ0) is 18.7. The van der Waals surface area contributed by atoms with Gasteiger partial charge in [-0.25, -0.2) is 4.98 Å². The summed E-state index contributed by atoms with van der Waals surface area (Å²) >= 11 is 0. The second-order valence-electron chi connectivity index (χ2n) is 6.36. The van der Waals surface area contributed by atoms with E-state index in [4.69, 9.17) is 0 Å². The van der Waals surface area contributed by atoms with Gasteiger partial charge < -0.3 is 15.2 Å². The number of amides is 2. The molecule has 1 unspecified atom stereocenters. The van der Waals surface area contributed by atoms with Gasteiger partial charge in [0.25, 0.3) is 5.91 Å². The lowest BCUT2D eigenvalue weighted by Gasteiger charge is -2.24. The van der Waals surface area contributed by atoms with Gasteiger partial charge in [0.2, 0.25) is 5.91 Å². The summed E-state index contributed by atoms with van der Waals surface area (Å²) in [5, 5.41) is 3.61. The van der Waals surface area contributed by atoms with Gasteiger partial charge >= 0.3 is 0 Å². The summed E-state index contributed by atoms with van der Waals surface area (Å²) in [4.78, 5) is 33.4. The number of aromatic amines is 1. The topological polar surface area (TPSA) is 78.1 Å². The molecule has 2 heterocycles. The van der Waals surface area contributed by atoms with E-state index in [1.165, 1.54) is 0 Å². The van der Waals surface area contributed by atoms with Crippen LogP contribution < -0.4 is 5.32 Å². The number of aromatic nitrogens is 2. The molecule has 26 heavy (non-hydrogen) atoms. The van der Waals surface area contributed by atoms with Crippen LogP contribution in [0.2, 0.25) is 0 Å². The Labute approximate surface area is 152 Å². The van der Waals surface area contributed by atoms with Crippen molar-refractivity contribution in [1.82, 2.24) is 20.2 Å². The minimum atomic E-state index is -0.191. The highest BCUT2D eigenvalue weighted by Gasteiger charge is 2.20. The third kappa shape index (κ3) is 3.59. The number of H-pyrrole nitrogens is 1. The van der Waals surface area contributed by atoms with Gasteiger partial charge in [-0.1, -0.05) is 12.1 Å². The number of fused-ring (bicyclic) bond motifs is 1. The van der Waals surface area contributed by atoms with E-state index in [0.29, 0.717) is 5.56 Å². The number of benzene rings is 1. The maximum absolute atomic E-state index is 12.8. The van der Waals surface area contributed by atoms with Gasteiger partial charge in [-0.15, -0.1) is 0 Å². The van der Waals surface area contributed by atoms with E-state index in [-0.39, 0.29) is 24.3 Å². The summed E-state index contributed by atoms with van der Waals surface area (Å²) in [5.74, 6) is -0.198. The number of rotatable bonds is 5. The Bertz CT molecular complexity index is 948. The van der Waals surface area contributed by atoms with Crippen molar-refractivity contribution in [2.24, 2.45) is 0 Å². The lowest BCUT2D eigenvalue weighted by Crippen LogP contribution is -2.38. The van der Waals surface area contributed by atoms with Gasteiger partial charge in [0.1, 0.15) is 5.65 Å². The molecule has 0 fully saturated rings. The van der Waals surface area contributed by atoms with E-state index in [1.807, 2.05) is 43.5 Å². The Morgan fingerprint density at radius 3 is 2.81 bits per heavy atom. The fourth-order valence-electron chi connectivity index (χ4n) is 2.84. The Balaban J connectivity index is 1.84. The Morgan fingerprint density at radius 2 is 2.04 bits per heavy atom. The van der Waals surface area contributed by atoms with Gasteiger partial charge in [-0.2, -0.15) is 0 Å². The number of carbonyl (C=O) groups is 2. The van der Waals surface area contributed by atoms with Gasteiger partial charge in [-0.05, 0) is 36.8 Å². The lowest BCUT2D eigenvalue weighted by molar-refractivity contribution is -0.121. The number of carbonyl (C=O) groups excluding carboxylic acids is 2. The quantitative estimate of drug-likeness (QED) is 0.743. The van der Waals surface area contributed by atoms with Crippen LogP contribution in [0.15, 0.2) is 48.8 Å². The smallest absolute Gasteiger partial charge is 0.253 e. The Kier molecular flexibility index (Phi) is 5.02. The molecule has 2 N–H and O–H groups in total. The Hall–Kier alpha value is -3.15. The maximum Gasteiger partial charge on any atom is 0.253 e. The second kappa shape index (κ2) is 7.39. The average Bonchev–Trinajstić information content (AvgIpc) is 3.14. The third-order valence-electron chi connectivity index (χ3n) is 4.58. The SMILES string of the molecule is CNC(=O)CC(C)N(C)C(=O)c1cccc(-c2cnc3[nH]ccc3c2)c1. The van der Waals surface area contributed by atoms with Crippen LogP contribution in [0.25, 0.3) is 22.2 Å². The number of hydrogen-bond acceptors (Lipinski definition) is 3. The summed E-state index contributed by atoms with van der Waals surface area (Å²) in [7, 11) is 3.31. The van der Waals surface area contributed by atoms with Crippen LogP contribution in [0, 0.1) is 0 Å². The normalized spacial score (nSPS) is 12.0. The minimum Gasteiger partial charge on any atom is -0.359 e. The minimum absolute atomic E-state index is 0.0863. The predicted molar refractivity (Wildman–Crippen MR) is 102 cm³/mol. The summed E-state index contributed by atoms with van der Waals surface area (Å²) in [6, 6.07) is 11.3. The molecule has 6 heteroatoms. The van der Waals surface area contributed by atoms with Crippen molar-refractivity contribution in [1.29, 1.82) is 0 Å². The molecule has 0 aliphatic carbocycles. The third-order valence-corrected chi connectivity index (χ3v) is 4.58. The maximum atomic E-state index is 12.8. The standard InChI is InChI=1S/C20H22N4O2/c1-13(9-18(25)21-2)24(3)20(26)16-6-4-5-14(10-16)17-11-15-7-8-22-19(15)23-12-17/h4-8,10-13H,9H2,1-3H3,(H,21,25)(H,22,23). The van der Waals surface area contributed by atoms with Crippen molar-refractivity contribution in [2.45, 2.75) is 19.4 Å². The van der Waals surface area contributed by atoms with E-state index in [1.54, 1.807) is 31.3 Å². The first-order valence-electron chi connectivity index (χ1n) is 8.51. The summed E-state index contributed by atoms with van der Waals surface area (Å²) < 4.78 is 0. The highest BCUT2D eigenvalue weighted by atomic mass is 16.2. The van der Waals surface area contributed by atoms with Crippen LogP contribution >= 0.6 is 0 Å². The molecule has 2 amide bonds. The predicted octanol–water partition coefficient (Wildman–Crippen LogP) is 2.83. The summed E-state index contributed by atoms with van der Waals surface area (Å²) in [6.45, 7) is 1.86. The molecule has 2 aromatic heterocycles. The molecule has 134 valence electrons. The molecule has 0 radical (unpaired) electrons. The largest absolute Gasteiger partial charge is 0.359 e. The van der Waals surface area contributed by atoms with Crippen molar-refractivity contribution in [3.63, 3.8) is 0 Å². The molecule has 0 aliphatic rings. The van der Waals surface area contributed by atoms with E-state index in [0.717, 1.165) is 22.2 Å². The van der Waals surface area contributed by atoms with Crippen LogP contribution in [0.3, 0.4) is 0 Å². The zero-order valence-electron chi connectivity index (χ0n) is 15.1. The molecule has 6 nitrogen and oxygen atoms in total. The van der Waals surface area contributed by atoms with Crippen LogP contribution in [0.1, 0.15) is 23.7 Å². The fourth-order valence-corrected chi connectivity index (χ4v) is 2.84. The van der Waals surface area contributed by atoms with Crippen LogP contribution in [0.5, 0.6) is 0 Å². The molecule has 0 bridgehead atoms. The molecule has 3 rings (SSSR count). The molecular weight excluding hydrogens is 328 g/mol. The highest BCUT2D eigenvalue weighted by Crippen LogP contribution is 2.24. The summed E-state index contributed by atoms with van der Waals surface area (Å²) in [5.41, 5.74) is 3.30. The fraction of sp³-hybridized carbons (Fsp3) is 0.250. The number of nitrogens with one attached hydrogen (secondary N) is 2. The number of nitrogens with zero attached hydrogens (tertiary/aromatic N) is 2. The molecule has 0 saturated carbocycles. The first-order valence-corrected chi connectivity index (χ1v) is 8.51. The monoisotopic (exact) mass is 350 g/mol. The second-order valence-corrected chi connectivity index (χ2v) is 6.36. The van der Waals surface area contributed by atoms with Crippen LogP contribution in [-0.2, 0) is 4.79 Å². The first-order chi connectivity index (χ1) is 12.5. The van der Waals surface area contributed by atoms with Gasteiger partial charge in [-0.3, -0.25) is 9.59 Å². The van der Waals surface area contributed by atoms with Crippen molar-refractivity contribution in [3.8, 4) is 11.1 Å². The number of hydrogen-bond donors (Lipinski definition) is 2. The molecule has 0 saturated heterocycles. The van der Waals surface area contributed by atoms with Gasteiger partial charge in [0, 0.05) is 55.5 Å². The molecule has 0 aliphatic heterocycles. The van der Waals surface area contributed by atoms with E-state index < -0.39 is 0 Å². The molecule has 1 aromatic carbocycles. The average molecular weight is 350 g/mol. The zero-order valence-corrected chi connectivity index (χ0v) is 15.1. The van der Waals surface area contributed by atoms with Crippen LogP contribution in [-0.4, -0.2) is 46.8 Å². The first kappa shape index (κ1) is 17.7. The van der Waals surface area contributed by atoms with E-state index in [2.05, 4.69) is 15.3 Å². The highest BCUT2D eigenvalue weighted by molar-refractivity contribution is 5.96. The Morgan fingerprint density at radius 1 is 1.23 bits per heavy atom. The van der Waals surface area contributed by atoms with Gasteiger partial charge in [0.15, 0.2) is 0 Å².